The quantitative estimate of drug-likeness (QED) is 0.718. The summed E-state index contributed by atoms with van der Waals surface area (Å²) >= 11 is 0. The van der Waals surface area contributed by atoms with Crippen LogP contribution in [0.3, 0.4) is 0 Å². The van der Waals surface area contributed by atoms with Crippen molar-refractivity contribution in [3.05, 3.63) is 42.7 Å². The minimum absolute atomic E-state index is 0.252. The average Bonchev–Trinajstić information content (AvgIpc) is 2.81. The topological polar surface area (TPSA) is 66.2 Å². The highest BCUT2D eigenvalue weighted by Crippen LogP contribution is 2.27. The van der Waals surface area contributed by atoms with E-state index in [2.05, 4.69) is 31.9 Å². The first-order chi connectivity index (χ1) is 14.7. The van der Waals surface area contributed by atoms with Crippen molar-refractivity contribution in [1.82, 2.24) is 14.9 Å². The standard InChI is InChI=1S/C22H30N6O2/c1-2-30-20-7-4-3-6-19(20)26-12-10-25(11-13-26)18-21(29)27-14-16-28(17-15-27)22-23-8-5-9-24-22/h3-9H,2,10-18H2,1H3/p+1. The van der Waals surface area contributed by atoms with E-state index in [0.29, 0.717) is 13.2 Å². The molecule has 4 rings (SSSR count). The van der Waals surface area contributed by atoms with Gasteiger partial charge in [-0.05, 0) is 25.1 Å². The van der Waals surface area contributed by atoms with Crippen molar-refractivity contribution in [3.8, 4) is 5.75 Å². The second-order valence-corrected chi connectivity index (χ2v) is 7.73. The van der Waals surface area contributed by atoms with Crippen molar-refractivity contribution in [2.24, 2.45) is 0 Å². The van der Waals surface area contributed by atoms with Crippen LogP contribution in [0.15, 0.2) is 42.7 Å². The van der Waals surface area contributed by atoms with Crippen LogP contribution in [0.2, 0.25) is 0 Å². The third-order valence-electron chi connectivity index (χ3n) is 5.84. The van der Waals surface area contributed by atoms with E-state index in [1.165, 1.54) is 4.90 Å². The second kappa shape index (κ2) is 9.75. The van der Waals surface area contributed by atoms with Gasteiger partial charge in [-0.2, -0.15) is 0 Å². The SMILES string of the molecule is CCOc1ccccc1N1CC[NH+](CC(=O)N2CCN(c3ncccn3)CC2)CC1. The Hall–Kier alpha value is -2.87. The number of hydrogen-bond acceptors (Lipinski definition) is 6. The number of hydrogen-bond donors (Lipinski definition) is 1. The van der Waals surface area contributed by atoms with E-state index in [-0.39, 0.29) is 5.91 Å². The molecule has 8 nitrogen and oxygen atoms in total. The second-order valence-electron chi connectivity index (χ2n) is 7.73. The Labute approximate surface area is 178 Å². The number of nitrogens with zero attached hydrogens (tertiary/aromatic N) is 5. The predicted molar refractivity (Wildman–Crippen MR) is 116 cm³/mol. The highest BCUT2D eigenvalue weighted by molar-refractivity contribution is 5.77. The molecule has 2 aliphatic rings. The summed E-state index contributed by atoms with van der Waals surface area (Å²) in [7, 11) is 0. The fourth-order valence-corrected chi connectivity index (χ4v) is 4.17. The lowest BCUT2D eigenvalue weighted by Crippen LogP contribution is -3.16. The largest absolute Gasteiger partial charge is 0.492 e. The number of piperazine rings is 2. The van der Waals surface area contributed by atoms with Crippen LogP contribution < -0.4 is 19.4 Å². The van der Waals surface area contributed by atoms with Gasteiger partial charge in [-0.3, -0.25) is 4.79 Å². The maximum absolute atomic E-state index is 12.8. The summed E-state index contributed by atoms with van der Waals surface area (Å²) in [5.74, 6) is 1.94. The Bertz CT molecular complexity index is 817. The fourth-order valence-electron chi connectivity index (χ4n) is 4.17. The average molecular weight is 412 g/mol. The van der Waals surface area contributed by atoms with E-state index in [4.69, 9.17) is 4.74 Å². The maximum atomic E-state index is 12.8. The van der Waals surface area contributed by atoms with Gasteiger partial charge >= 0.3 is 0 Å². The molecular weight excluding hydrogens is 380 g/mol. The monoisotopic (exact) mass is 411 g/mol. The molecule has 0 saturated carbocycles. The smallest absolute Gasteiger partial charge is 0.277 e. The van der Waals surface area contributed by atoms with Crippen LogP contribution in [-0.4, -0.2) is 86.3 Å². The number of amides is 1. The molecule has 0 spiro atoms. The van der Waals surface area contributed by atoms with E-state index < -0.39 is 0 Å². The Kier molecular flexibility index (Phi) is 6.63. The zero-order valence-corrected chi connectivity index (χ0v) is 17.7. The molecule has 0 aliphatic carbocycles. The number of carbonyl (C=O) groups excluding carboxylic acids is 1. The predicted octanol–water partition coefficient (Wildman–Crippen LogP) is -0.0710. The van der Waals surface area contributed by atoms with Crippen LogP contribution in [0.1, 0.15) is 6.92 Å². The van der Waals surface area contributed by atoms with E-state index >= 15 is 0 Å². The molecule has 1 aromatic heterocycles. The van der Waals surface area contributed by atoms with Gasteiger partial charge in [0, 0.05) is 38.6 Å². The summed E-state index contributed by atoms with van der Waals surface area (Å²) in [6, 6.07) is 10.0. The lowest BCUT2D eigenvalue weighted by Gasteiger charge is -2.37. The van der Waals surface area contributed by atoms with Crippen molar-refractivity contribution >= 4 is 17.5 Å². The van der Waals surface area contributed by atoms with Crippen LogP contribution in [-0.2, 0) is 4.79 Å². The Morgan fingerprint density at radius 1 is 0.967 bits per heavy atom. The lowest BCUT2D eigenvalue weighted by molar-refractivity contribution is -0.892. The van der Waals surface area contributed by atoms with Crippen LogP contribution in [0.4, 0.5) is 11.6 Å². The van der Waals surface area contributed by atoms with Gasteiger partial charge < -0.3 is 24.3 Å². The van der Waals surface area contributed by atoms with Gasteiger partial charge in [0.05, 0.1) is 38.5 Å². The first-order valence-electron chi connectivity index (χ1n) is 10.8. The summed E-state index contributed by atoms with van der Waals surface area (Å²) < 4.78 is 5.78. The van der Waals surface area contributed by atoms with Gasteiger partial charge in [-0.25, -0.2) is 9.97 Å². The molecule has 3 heterocycles. The van der Waals surface area contributed by atoms with Gasteiger partial charge in [0.15, 0.2) is 6.54 Å². The number of anilines is 2. The van der Waals surface area contributed by atoms with Crippen molar-refractivity contribution in [2.45, 2.75) is 6.92 Å². The summed E-state index contributed by atoms with van der Waals surface area (Å²) in [5, 5.41) is 0. The van der Waals surface area contributed by atoms with Crippen molar-refractivity contribution in [2.75, 3.05) is 75.3 Å². The normalized spacial score (nSPS) is 17.8. The number of benzene rings is 1. The molecule has 30 heavy (non-hydrogen) atoms. The Balaban J connectivity index is 1.24. The summed E-state index contributed by atoms with van der Waals surface area (Å²) in [5.41, 5.74) is 1.16. The molecule has 8 heteroatoms. The van der Waals surface area contributed by atoms with Gasteiger partial charge in [-0.15, -0.1) is 0 Å². The summed E-state index contributed by atoms with van der Waals surface area (Å²) in [4.78, 5) is 29.3. The van der Waals surface area contributed by atoms with Gasteiger partial charge in [0.2, 0.25) is 5.95 Å². The zero-order chi connectivity index (χ0) is 20.8. The van der Waals surface area contributed by atoms with Crippen LogP contribution >= 0.6 is 0 Å². The number of ether oxygens (including phenoxy) is 1. The molecule has 2 saturated heterocycles. The first-order valence-corrected chi connectivity index (χ1v) is 10.8. The molecule has 0 bridgehead atoms. The Morgan fingerprint density at radius 2 is 1.67 bits per heavy atom. The van der Waals surface area contributed by atoms with E-state index in [9.17, 15) is 4.79 Å². The molecule has 2 aliphatic heterocycles. The van der Waals surface area contributed by atoms with Gasteiger partial charge in [-0.1, -0.05) is 12.1 Å². The van der Waals surface area contributed by atoms with E-state index in [0.717, 1.165) is 69.7 Å². The zero-order valence-electron chi connectivity index (χ0n) is 17.7. The molecule has 0 radical (unpaired) electrons. The van der Waals surface area contributed by atoms with E-state index in [1.807, 2.05) is 30.0 Å². The number of nitrogens with one attached hydrogen (secondary N) is 1. The molecule has 1 amide bonds. The molecule has 2 aromatic rings. The minimum Gasteiger partial charge on any atom is -0.492 e. The van der Waals surface area contributed by atoms with Crippen molar-refractivity contribution in [3.63, 3.8) is 0 Å². The highest BCUT2D eigenvalue weighted by atomic mass is 16.5. The lowest BCUT2D eigenvalue weighted by atomic mass is 10.2. The number of para-hydroxylation sites is 2. The molecule has 160 valence electrons. The molecule has 2 fully saturated rings. The maximum Gasteiger partial charge on any atom is 0.277 e. The number of rotatable bonds is 6. The van der Waals surface area contributed by atoms with Crippen molar-refractivity contribution in [1.29, 1.82) is 0 Å². The first kappa shape index (κ1) is 20.4. The van der Waals surface area contributed by atoms with Crippen LogP contribution in [0, 0.1) is 0 Å². The summed E-state index contributed by atoms with van der Waals surface area (Å²) in [6.07, 6.45) is 3.52. The highest BCUT2D eigenvalue weighted by Gasteiger charge is 2.28. The third kappa shape index (κ3) is 4.81. The molecule has 0 unspecified atom stereocenters. The molecular formula is C22H31N6O2+. The summed E-state index contributed by atoms with van der Waals surface area (Å²) in [6.45, 7) is 10.1. The minimum atomic E-state index is 0.252. The van der Waals surface area contributed by atoms with Crippen LogP contribution in [0.5, 0.6) is 5.75 Å². The molecule has 1 aromatic carbocycles. The number of carbonyl (C=O) groups is 1. The fraction of sp³-hybridized carbons (Fsp3) is 0.500. The number of aromatic nitrogens is 2. The van der Waals surface area contributed by atoms with Crippen LogP contribution in [0.25, 0.3) is 0 Å². The van der Waals surface area contributed by atoms with Gasteiger partial charge in [0.25, 0.3) is 5.91 Å². The molecule has 1 N–H and O–H groups in total. The number of quaternary nitrogens is 1. The Morgan fingerprint density at radius 3 is 2.37 bits per heavy atom. The third-order valence-corrected chi connectivity index (χ3v) is 5.84. The van der Waals surface area contributed by atoms with E-state index in [1.54, 1.807) is 12.4 Å². The van der Waals surface area contributed by atoms with Crippen molar-refractivity contribution < 1.29 is 14.4 Å². The molecule has 0 atom stereocenters. The van der Waals surface area contributed by atoms with Gasteiger partial charge in [0.1, 0.15) is 5.75 Å².